The van der Waals surface area contributed by atoms with Gasteiger partial charge in [-0.1, -0.05) is 29.8 Å². The van der Waals surface area contributed by atoms with Crippen molar-refractivity contribution in [3.05, 3.63) is 81.8 Å². The van der Waals surface area contributed by atoms with E-state index in [1.165, 1.54) is 12.1 Å². The van der Waals surface area contributed by atoms with Crippen LogP contribution in [0.2, 0.25) is 0 Å². The Morgan fingerprint density at radius 1 is 1.03 bits per heavy atom. The minimum atomic E-state index is -0.326. The molecule has 2 aliphatic rings. The molecule has 3 aromatic rings. The smallest absolute Gasteiger partial charge is 0.341 e. The molecule has 5 rings (SSSR count). The second kappa shape index (κ2) is 8.92. The van der Waals surface area contributed by atoms with Crippen LogP contribution in [-0.2, 0) is 4.79 Å². The molecule has 3 heterocycles. The van der Waals surface area contributed by atoms with Gasteiger partial charge in [-0.15, -0.1) is 0 Å². The molecule has 2 fully saturated rings. The van der Waals surface area contributed by atoms with Crippen LogP contribution in [0.15, 0.2) is 53.3 Å². The summed E-state index contributed by atoms with van der Waals surface area (Å²) in [6.07, 6.45) is 2.09. The van der Waals surface area contributed by atoms with Gasteiger partial charge in [0.05, 0.1) is 5.69 Å². The zero-order valence-electron chi connectivity index (χ0n) is 18.4. The van der Waals surface area contributed by atoms with Gasteiger partial charge in [0.25, 0.3) is 0 Å². The van der Waals surface area contributed by atoms with Crippen LogP contribution < -0.4 is 16.5 Å². The number of H-pyrrole nitrogens is 1. The van der Waals surface area contributed by atoms with Crippen molar-refractivity contribution < 1.29 is 9.18 Å². The van der Waals surface area contributed by atoms with Crippen molar-refractivity contribution in [3.8, 4) is 5.69 Å². The zero-order valence-corrected chi connectivity index (χ0v) is 18.4. The number of nitrogens with zero attached hydrogens (tertiary/aromatic N) is 3. The second-order valence-electron chi connectivity index (χ2n) is 8.84. The predicted molar refractivity (Wildman–Crippen MR) is 121 cm³/mol. The number of piperidine rings is 1. The summed E-state index contributed by atoms with van der Waals surface area (Å²) in [4.78, 5) is 27.4. The third-order valence-electron chi connectivity index (χ3n) is 6.64. The van der Waals surface area contributed by atoms with Crippen molar-refractivity contribution in [2.45, 2.75) is 44.2 Å². The highest BCUT2D eigenvalue weighted by atomic mass is 19.1. The van der Waals surface area contributed by atoms with Crippen molar-refractivity contribution in [1.29, 1.82) is 0 Å². The number of carbonyl (C=O) groups excluding carboxylic acids is 1. The fourth-order valence-corrected chi connectivity index (χ4v) is 4.74. The molecule has 2 unspecified atom stereocenters. The highest BCUT2D eigenvalue weighted by Crippen LogP contribution is 2.29. The quantitative estimate of drug-likeness (QED) is 0.567. The molecule has 0 spiro atoms. The topological polar surface area (TPSA) is 95.1 Å². The second-order valence-corrected chi connectivity index (χ2v) is 8.84. The van der Waals surface area contributed by atoms with Gasteiger partial charge >= 0.3 is 5.69 Å². The molecular weight excluding hydrogens is 423 g/mol. The van der Waals surface area contributed by atoms with Gasteiger partial charge < -0.3 is 4.90 Å². The Labute approximate surface area is 190 Å². The predicted octanol–water partition coefficient (Wildman–Crippen LogP) is 2.32. The Hall–Kier alpha value is -3.30. The van der Waals surface area contributed by atoms with E-state index in [4.69, 9.17) is 0 Å². The first-order valence-corrected chi connectivity index (χ1v) is 11.3. The van der Waals surface area contributed by atoms with Crippen LogP contribution in [0.4, 0.5) is 4.39 Å². The number of hydrazine groups is 1. The van der Waals surface area contributed by atoms with Crippen LogP contribution in [0, 0.1) is 12.7 Å². The molecule has 8 nitrogen and oxygen atoms in total. The van der Waals surface area contributed by atoms with Crippen LogP contribution in [0.1, 0.15) is 48.2 Å². The van der Waals surface area contributed by atoms with Gasteiger partial charge in [-0.05, 0) is 56.0 Å². The third-order valence-corrected chi connectivity index (χ3v) is 6.64. The summed E-state index contributed by atoms with van der Waals surface area (Å²) in [5.41, 5.74) is 8.88. The lowest BCUT2D eigenvalue weighted by Crippen LogP contribution is -2.48. The van der Waals surface area contributed by atoms with Crippen molar-refractivity contribution in [1.82, 2.24) is 30.5 Å². The Kier molecular flexibility index (Phi) is 5.82. The molecule has 172 valence electrons. The van der Waals surface area contributed by atoms with E-state index in [0.29, 0.717) is 25.3 Å². The van der Waals surface area contributed by atoms with Crippen molar-refractivity contribution in [2.24, 2.45) is 0 Å². The lowest BCUT2D eigenvalue weighted by molar-refractivity contribution is -0.134. The number of rotatable bonds is 4. The van der Waals surface area contributed by atoms with Crippen molar-refractivity contribution in [3.63, 3.8) is 0 Å². The molecule has 1 amide bonds. The average Bonchev–Trinajstić information content (AvgIpc) is 3.47. The fourth-order valence-electron chi connectivity index (χ4n) is 4.74. The normalized spacial score (nSPS) is 21.5. The summed E-state index contributed by atoms with van der Waals surface area (Å²) in [6, 6.07) is 13.8. The summed E-state index contributed by atoms with van der Waals surface area (Å²) >= 11 is 0. The molecule has 2 atom stereocenters. The molecule has 3 N–H and O–H groups in total. The maximum Gasteiger partial charge on any atom is 0.347 e. The molecule has 0 saturated carbocycles. The molecule has 0 aliphatic carbocycles. The van der Waals surface area contributed by atoms with E-state index in [0.717, 1.165) is 29.7 Å². The summed E-state index contributed by atoms with van der Waals surface area (Å²) in [5.74, 6) is 0.595. The number of carbonyl (C=O) groups is 1. The number of hydrogen-bond donors (Lipinski definition) is 3. The Balaban J connectivity index is 1.22. The molecule has 9 heteroatoms. The first-order valence-electron chi connectivity index (χ1n) is 11.3. The Morgan fingerprint density at radius 2 is 1.73 bits per heavy atom. The van der Waals surface area contributed by atoms with Gasteiger partial charge in [0.15, 0.2) is 0 Å². The van der Waals surface area contributed by atoms with Crippen molar-refractivity contribution in [2.75, 3.05) is 13.1 Å². The lowest BCUT2D eigenvalue weighted by atomic mass is 9.94. The first kappa shape index (κ1) is 21.5. The van der Waals surface area contributed by atoms with Crippen LogP contribution >= 0.6 is 0 Å². The lowest BCUT2D eigenvalue weighted by Gasteiger charge is -2.33. The van der Waals surface area contributed by atoms with E-state index in [1.807, 2.05) is 36.1 Å². The number of aryl methyl sites for hydroxylation is 1. The number of amides is 1. The average molecular weight is 451 g/mol. The maximum atomic E-state index is 13.2. The molecule has 2 aliphatic heterocycles. The van der Waals surface area contributed by atoms with E-state index < -0.39 is 0 Å². The van der Waals surface area contributed by atoms with E-state index >= 15 is 0 Å². The Morgan fingerprint density at radius 3 is 2.42 bits per heavy atom. The number of hydrogen-bond acceptors (Lipinski definition) is 5. The highest BCUT2D eigenvalue weighted by Gasteiger charge is 2.35. The largest absolute Gasteiger partial charge is 0.347 e. The van der Waals surface area contributed by atoms with Gasteiger partial charge in [-0.2, -0.15) is 5.10 Å². The molecule has 33 heavy (non-hydrogen) atoms. The number of benzene rings is 2. The third kappa shape index (κ3) is 4.34. The summed E-state index contributed by atoms with van der Waals surface area (Å²) in [5, 5.41) is 6.89. The first-order chi connectivity index (χ1) is 16.0. The fraction of sp³-hybridized carbons (Fsp3) is 0.375. The monoisotopic (exact) mass is 450 g/mol. The zero-order chi connectivity index (χ0) is 22.9. The standard InChI is InChI=1S/C24H27FN6O2/c1-15-2-8-19(9-3-15)31-22(28-29-24(31)33)17-10-12-30(13-11-17)23(32)21-14-20(26-27-21)16-4-6-18(25)7-5-16/h2-9,17,20-21,26-27H,10-14H2,1H3,(H,29,33). The number of likely N-dealkylation sites (tertiary alicyclic amines) is 1. The minimum Gasteiger partial charge on any atom is -0.341 e. The number of aromatic nitrogens is 3. The summed E-state index contributed by atoms with van der Waals surface area (Å²) < 4.78 is 14.8. The molecule has 1 aromatic heterocycles. The maximum absolute atomic E-state index is 13.2. The molecular formula is C24H27FN6O2. The van der Waals surface area contributed by atoms with Crippen LogP contribution in [-0.4, -0.2) is 44.7 Å². The number of nitrogens with one attached hydrogen (secondary N) is 3. The van der Waals surface area contributed by atoms with E-state index in [9.17, 15) is 14.0 Å². The molecule has 0 radical (unpaired) electrons. The summed E-state index contributed by atoms with van der Waals surface area (Å²) in [7, 11) is 0. The molecule has 0 bridgehead atoms. The number of aromatic amines is 1. The highest BCUT2D eigenvalue weighted by molar-refractivity contribution is 5.82. The van der Waals surface area contributed by atoms with Crippen molar-refractivity contribution >= 4 is 5.91 Å². The van der Waals surface area contributed by atoms with Crippen LogP contribution in [0.5, 0.6) is 0 Å². The van der Waals surface area contributed by atoms with E-state index in [2.05, 4.69) is 21.0 Å². The number of halogens is 1. The van der Waals surface area contributed by atoms with Crippen LogP contribution in [0.3, 0.4) is 0 Å². The van der Waals surface area contributed by atoms with E-state index in [-0.39, 0.29) is 35.4 Å². The van der Waals surface area contributed by atoms with Gasteiger partial charge in [0.2, 0.25) is 5.91 Å². The minimum absolute atomic E-state index is 0.0370. The van der Waals surface area contributed by atoms with Crippen LogP contribution in [0.25, 0.3) is 5.69 Å². The van der Waals surface area contributed by atoms with Gasteiger partial charge in [-0.25, -0.2) is 29.7 Å². The van der Waals surface area contributed by atoms with Gasteiger partial charge in [0.1, 0.15) is 17.7 Å². The SMILES string of the molecule is Cc1ccc(-n2c(C3CCN(C(=O)C4CC(c5ccc(F)cc5)NN4)CC3)n[nH]c2=O)cc1. The molecule has 2 saturated heterocycles. The van der Waals surface area contributed by atoms with E-state index in [1.54, 1.807) is 16.7 Å². The summed E-state index contributed by atoms with van der Waals surface area (Å²) in [6.45, 7) is 3.22. The van der Waals surface area contributed by atoms with Gasteiger partial charge in [-0.3, -0.25) is 4.79 Å². The Bertz CT molecular complexity index is 1180. The van der Waals surface area contributed by atoms with Gasteiger partial charge in [0, 0.05) is 25.0 Å². The molecule has 2 aromatic carbocycles.